The van der Waals surface area contributed by atoms with Crippen molar-refractivity contribution in [2.75, 3.05) is 13.6 Å². The van der Waals surface area contributed by atoms with Crippen LogP contribution in [0.4, 0.5) is 0 Å². The molecular formula is C22H27N7O. The maximum atomic E-state index is 11.7. The molecule has 1 saturated heterocycles. The number of aromatic amines is 1. The van der Waals surface area contributed by atoms with Crippen molar-refractivity contribution in [2.24, 2.45) is 0 Å². The standard InChI is InChI=1S/C15H12N6O.C7H15N/c1-8-5-12(20-21-7-9(2)17-14(8)21)11-4-3-10-13(18-11)6-16-19-15(10)22;1-7-5-3-4-6-8(7)2/h3-7H,1-2H3,(H,19,22);7H,3-6H2,1-2H3/t;7-/m.1/s1. The first-order valence-electron chi connectivity index (χ1n) is 10.3. The Hall–Kier alpha value is -3.13. The molecule has 5 rings (SSSR count). The summed E-state index contributed by atoms with van der Waals surface area (Å²) in [7, 11) is 2.21. The average molecular weight is 406 g/mol. The first-order chi connectivity index (χ1) is 14.4. The van der Waals surface area contributed by atoms with E-state index in [0.717, 1.165) is 28.6 Å². The quantitative estimate of drug-likeness (QED) is 0.523. The summed E-state index contributed by atoms with van der Waals surface area (Å²) in [5.74, 6) is 0. The summed E-state index contributed by atoms with van der Waals surface area (Å²) in [5.41, 5.74) is 4.48. The number of fused-ring (bicyclic) bond motifs is 2. The zero-order valence-electron chi connectivity index (χ0n) is 17.9. The SMILES string of the molecule is C[C@@H]1CCCCN1C.Cc1cn2nc(-c3ccc4c(=O)[nH]ncc4n3)cc(C)c2n1. The number of H-pyrrole nitrogens is 1. The molecule has 0 saturated carbocycles. The second-order valence-corrected chi connectivity index (χ2v) is 8.02. The fourth-order valence-electron chi connectivity index (χ4n) is 3.73. The number of aryl methyl sites for hydroxylation is 2. The highest BCUT2D eigenvalue weighted by Crippen LogP contribution is 2.20. The summed E-state index contributed by atoms with van der Waals surface area (Å²) in [5, 5.41) is 11.2. The molecule has 4 aromatic rings. The van der Waals surface area contributed by atoms with Crippen molar-refractivity contribution < 1.29 is 0 Å². The minimum absolute atomic E-state index is 0.249. The number of piperidine rings is 1. The molecule has 156 valence electrons. The average Bonchev–Trinajstić information content (AvgIpc) is 3.11. The number of nitrogens with zero attached hydrogens (tertiary/aromatic N) is 6. The third-order valence-electron chi connectivity index (χ3n) is 5.65. The fourth-order valence-corrected chi connectivity index (χ4v) is 3.73. The summed E-state index contributed by atoms with van der Waals surface area (Å²) < 4.78 is 1.75. The van der Waals surface area contributed by atoms with Crippen LogP contribution in [0.25, 0.3) is 27.9 Å². The second-order valence-electron chi connectivity index (χ2n) is 8.02. The van der Waals surface area contributed by atoms with E-state index in [1.807, 2.05) is 26.1 Å². The van der Waals surface area contributed by atoms with Gasteiger partial charge in [0.05, 0.1) is 34.7 Å². The van der Waals surface area contributed by atoms with Gasteiger partial charge in [0, 0.05) is 6.04 Å². The lowest BCUT2D eigenvalue weighted by atomic mass is 10.1. The van der Waals surface area contributed by atoms with Crippen LogP contribution in [-0.2, 0) is 0 Å². The lowest BCUT2D eigenvalue weighted by molar-refractivity contribution is 0.200. The van der Waals surface area contributed by atoms with Crippen LogP contribution in [0, 0.1) is 13.8 Å². The molecule has 30 heavy (non-hydrogen) atoms. The van der Waals surface area contributed by atoms with Crippen LogP contribution in [0.2, 0.25) is 0 Å². The Morgan fingerprint density at radius 1 is 1.13 bits per heavy atom. The van der Waals surface area contributed by atoms with Gasteiger partial charge in [0.1, 0.15) is 5.69 Å². The second kappa shape index (κ2) is 8.31. The van der Waals surface area contributed by atoms with Crippen LogP contribution in [0.3, 0.4) is 0 Å². The molecule has 0 unspecified atom stereocenters. The van der Waals surface area contributed by atoms with Crippen molar-refractivity contribution in [3.05, 3.63) is 52.2 Å². The van der Waals surface area contributed by atoms with Gasteiger partial charge in [-0.3, -0.25) is 4.79 Å². The molecule has 4 aromatic heterocycles. The minimum Gasteiger partial charge on any atom is -0.304 e. The van der Waals surface area contributed by atoms with E-state index < -0.39 is 0 Å². The molecule has 0 radical (unpaired) electrons. The molecule has 1 atom stereocenters. The third-order valence-corrected chi connectivity index (χ3v) is 5.65. The molecule has 0 aliphatic carbocycles. The molecule has 1 aliphatic rings. The van der Waals surface area contributed by atoms with Gasteiger partial charge < -0.3 is 4.90 Å². The van der Waals surface area contributed by atoms with Crippen molar-refractivity contribution in [3.8, 4) is 11.4 Å². The van der Waals surface area contributed by atoms with Gasteiger partial charge in [-0.2, -0.15) is 10.2 Å². The lowest BCUT2D eigenvalue weighted by Crippen LogP contribution is -2.33. The molecule has 0 amide bonds. The van der Waals surface area contributed by atoms with Crippen LogP contribution in [-0.4, -0.2) is 54.3 Å². The third kappa shape index (κ3) is 4.09. The van der Waals surface area contributed by atoms with E-state index in [-0.39, 0.29) is 5.56 Å². The number of likely N-dealkylation sites (tertiary alicyclic amines) is 1. The zero-order valence-corrected chi connectivity index (χ0v) is 17.9. The highest BCUT2D eigenvalue weighted by molar-refractivity contribution is 5.79. The monoisotopic (exact) mass is 405 g/mol. The van der Waals surface area contributed by atoms with Gasteiger partial charge in [0.15, 0.2) is 5.65 Å². The maximum absolute atomic E-state index is 11.7. The highest BCUT2D eigenvalue weighted by Gasteiger charge is 2.12. The molecule has 8 heteroatoms. The Morgan fingerprint density at radius 2 is 1.97 bits per heavy atom. The van der Waals surface area contributed by atoms with Gasteiger partial charge in [-0.1, -0.05) is 6.42 Å². The Kier molecular flexibility index (Phi) is 5.59. The van der Waals surface area contributed by atoms with Gasteiger partial charge in [-0.25, -0.2) is 19.6 Å². The molecule has 8 nitrogen and oxygen atoms in total. The number of pyridine rings is 1. The summed E-state index contributed by atoms with van der Waals surface area (Å²) in [6.07, 6.45) is 7.65. The van der Waals surface area contributed by atoms with E-state index in [1.54, 1.807) is 16.6 Å². The van der Waals surface area contributed by atoms with E-state index in [9.17, 15) is 4.79 Å². The number of aromatic nitrogens is 6. The van der Waals surface area contributed by atoms with Crippen molar-refractivity contribution >= 4 is 16.6 Å². The van der Waals surface area contributed by atoms with Gasteiger partial charge in [-0.15, -0.1) is 0 Å². The van der Waals surface area contributed by atoms with E-state index in [0.29, 0.717) is 16.6 Å². The van der Waals surface area contributed by atoms with Crippen LogP contribution < -0.4 is 5.56 Å². The first-order valence-corrected chi connectivity index (χ1v) is 10.3. The highest BCUT2D eigenvalue weighted by atomic mass is 16.1. The Labute approximate surface area is 175 Å². The van der Waals surface area contributed by atoms with E-state index in [2.05, 4.69) is 44.1 Å². The molecule has 0 bridgehead atoms. The van der Waals surface area contributed by atoms with Crippen LogP contribution >= 0.6 is 0 Å². The first kappa shape index (κ1) is 20.2. The molecule has 0 spiro atoms. The molecule has 5 heterocycles. The molecule has 1 fully saturated rings. The number of imidazole rings is 1. The van der Waals surface area contributed by atoms with E-state index in [4.69, 9.17) is 0 Å². The van der Waals surface area contributed by atoms with E-state index in [1.165, 1.54) is 32.0 Å². The van der Waals surface area contributed by atoms with Crippen molar-refractivity contribution in [1.82, 2.24) is 34.7 Å². The summed E-state index contributed by atoms with van der Waals surface area (Å²) >= 11 is 0. The largest absolute Gasteiger partial charge is 0.304 e. The van der Waals surface area contributed by atoms with Gasteiger partial charge in [0.2, 0.25) is 0 Å². The molecule has 1 aliphatic heterocycles. The van der Waals surface area contributed by atoms with Crippen molar-refractivity contribution in [2.45, 2.75) is 46.1 Å². The van der Waals surface area contributed by atoms with Crippen LogP contribution in [0.15, 0.2) is 35.4 Å². The van der Waals surface area contributed by atoms with Gasteiger partial charge in [0.25, 0.3) is 5.56 Å². The van der Waals surface area contributed by atoms with Crippen molar-refractivity contribution in [1.29, 1.82) is 0 Å². The number of hydrogen-bond acceptors (Lipinski definition) is 6. The van der Waals surface area contributed by atoms with E-state index >= 15 is 0 Å². The van der Waals surface area contributed by atoms with Gasteiger partial charge in [-0.05, 0) is 71.0 Å². The Morgan fingerprint density at radius 3 is 2.70 bits per heavy atom. The smallest absolute Gasteiger partial charge is 0.273 e. The van der Waals surface area contributed by atoms with Gasteiger partial charge >= 0.3 is 0 Å². The Bertz CT molecular complexity index is 1230. The number of nitrogens with one attached hydrogen (secondary N) is 1. The minimum atomic E-state index is -0.249. The van der Waals surface area contributed by atoms with Crippen LogP contribution in [0.1, 0.15) is 37.4 Å². The lowest BCUT2D eigenvalue weighted by Gasteiger charge is -2.29. The number of rotatable bonds is 1. The van der Waals surface area contributed by atoms with Crippen LogP contribution in [0.5, 0.6) is 0 Å². The topological polar surface area (TPSA) is 92.1 Å². The molecule has 1 N–H and O–H groups in total. The Balaban J connectivity index is 0.000000230. The predicted molar refractivity (Wildman–Crippen MR) is 118 cm³/mol. The van der Waals surface area contributed by atoms with Crippen molar-refractivity contribution in [3.63, 3.8) is 0 Å². The molecule has 0 aromatic carbocycles. The summed E-state index contributed by atoms with van der Waals surface area (Å²) in [6.45, 7) is 7.53. The number of hydrogen-bond donors (Lipinski definition) is 1. The molecular weight excluding hydrogens is 378 g/mol. The summed E-state index contributed by atoms with van der Waals surface area (Å²) in [4.78, 5) is 23.0. The zero-order chi connectivity index (χ0) is 21.3. The maximum Gasteiger partial charge on any atom is 0.273 e. The predicted octanol–water partition coefficient (Wildman–Crippen LogP) is 3.14. The summed E-state index contributed by atoms with van der Waals surface area (Å²) in [6, 6.07) is 6.30. The normalized spacial score (nSPS) is 17.1. The fraction of sp³-hybridized carbons (Fsp3) is 0.409.